The molecule has 2 fully saturated rings. The Balaban J connectivity index is 1.39. The average molecular weight is 381 g/mol. The number of likely N-dealkylation sites (tertiary alicyclic amines) is 1. The van der Waals surface area contributed by atoms with Crippen LogP contribution in [-0.4, -0.2) is 40.4 Å². The van der Waals surface area contributed by atoms with Crippen molar-refractivity contribution in [3.63, 3.8) is 0 Å². The van der Waals surface area contributed by atoms with Crippen molar-refractivity contribution in [2.75, 3.05) is 13.1 Å². The van der Waals surface area contributed by atoms with Gasteiger partial charge in [0.25, 0.3) is 5.91 Å². The molecule has 4 rings (SSSR count). The zero-order valence-electron chi connectivity index (χ0n) is 16.0. The van der Waals surface area contributed by atoms with Crippen LogP contribution >= 0.6 is 0 Å². The lowest BCUT2D eigenvalue weighted by Gasteiger charge is -2.37. The second-order valence-corrected chi connectivity index (χ2v) is 7.79. The highest BCUT2D eigenvalue weighted by molar-refractivity contribution is 6.07. The number of carbonyl (C=O) groups is 2. The van der Waals surface area contributed by atoms with Gasteiger partial charge in [-0.05, 0) is 43.0 Å². The number of aryl methyl sites for hydroxylation is 1. The summed E-state index contributed by atoms with van der Waals surface area (Å²) in [4.78, 5) is 29.0. The first-order valence-electron chi connectivity index (χ1n) is 9.62. The van der Waals surface area contributed by atoms with E-state index < -0.39 is 5.54 Å². The fourth-order valence-electron chi connectivity index (χ4n) is 3.98. The summed E-state index contributed by atoms with van der Waals surface area (Å²) in [7, 11) is 0. The molecule has 0 aliphatic carbocycles. The van der Waals surface area contributed by atoms with E-state index in [1.165, 1.54) is 28.2 Å². The van der Waals surface area contributed by atoms with Gasteiger partial charge in [-0.3, -0.25) is 14.6 Å². The molecule has 1 spiro atoms. The highest BCUT2D eigenvalue weighted by Gasteiger charge is 2.52. The first kappa shape index (κ1) is 18.6. The number of rotatable bonds is 4. The molecule has 3 amide bonds. The maximum atomic E-state index is 13.1. The minimum absolute atomic E-state index is 0.166. The third-order valence-corrected chi connectivity index (χ3v) is 5.74. The average Bonchev–Trinajstić information content (AvgIpc) is 2.91. The Bertz CT molecular complexity index is 872. The Labute approximate surface area is 164 Å². The highest BCUT2D eigenvalue weighted by Crippen LogP contribution is 2.31. The summed E-state index contributed by atoms with van der Waals surface area (Å²) < 4.78 is 13.1. The van der Waals surface area contributed by atoms with E-state index in [1.807, 2.05) is 0 Å². The Hall–Kier alpha value is -2.73. The molecule has 6 heteroatoms. The number of hydrogen-bond acceptors (Lipinski definition) is 3. The summed E-state index contributed by atoms with van der Waals surface area (Å²) >= 11 is 0. The number of amides is 3. The smallest absolute Gasteiger partial charge is 0.323 e. The first-order valence-corrected chi connectivity index (χ1v) is 9.62. The van der Waals surface area contributed by atoms with Crippen molar-refractivity contribution in [3.05, 3.63) is 71.0 Å². The van der Waals surface area contributed by atoms with Crippen molar-refractivity contribution < 1.29 is 14.0 Å². The Morgan fingerprint density at radius 3 is 2.14 bits per heavy atom. The van der Waals surface area contributed by atoms with Crippen LogP contribution in [-0.2, 0) is 17.9 Å². The molecule has 2 aliphatic rings. The number of benzene rings is 2. The van der Waals surface area contributed by atoms with Gasteiger partial charge in [-0.2, -0.15) is 0 Å². The summed E-state index contributed by atoms with van der Waals surface area (Å²) in [6, 6.07) is 14.0. The lowest BCUT2D eigenvalue weighted by Crippen LogP contribution is -2.54. The predicted octanol–water partition coefficient (Wildman–Crippen LogP) is 3.22. The van der Waals surface area contributed by atoms with E-state index >= 15 is 0 Å². The summed E-state index contributed by atoms with van der Waals surface area (Å²) in [5.41, 5.74) is 2.42. The van der Waals surface area contributed by atoms with Crippen molar-refractivity contribution in [3.8, 4) is 0 Å². The van der Waals surface area contributed by atoms with E-state index in [9.17, 15) is 14.0 Å². The molecule has 0 atom stereocenters. The summed E-state index contributed by atoms with van der Waals surface area (Å²) in [5, 5.41) is 2.93. The van der Waals surface area contributed by atoms with Crippen molar-refractivity contribution in [2.24, 2.45) is 0 Å². The molecule has 0 unspecified atom stereocenters. The number of nitrogens with zero attached hydrogens (tertiary/aromatic N) is 2. The second-order valence-electron chi connectivity index (χ2n) is 7.79. The Morgan fingerprint density at radius 1 is 0.929 bits per heavy atom. The van der Waals surface area contributed by atoms with Crippen LogP contribution in [0.3, 0.4) is 0 Å². The van der Waals surface area contributed by atoms with E-state index in [0.717, 1.165) is 25.2 Å². The van der Waals surface area contributed by atoms with E-state index in [4.69, 9.17) is 0 Å². The van der Waals surface area contributed by atoms with E-state index in [2.05, 4.69) is 41.4 Å². The van der Waals surface area contributed by atoms with Crippen LogP contribution < -0.4 is 5.32 Å². The monoisotopic (exact) mass is 381 g/mol. The largest absolute Gasteiger partial charge is 0.325 e. The van der Waals surface area contributed by atoms with Gasteiger partial charge in [-0.25, -0.2) is 9.18 Å². The predicted molar refractivity (Wildman–Crippen MR) is 104 cm³/mol. The minimum atomic E-state index is -0.805. The topological polar surface area (TPSA) is 52.7 Å². The fraction of sp³-hybridized carbons (Fsp3) is 0.364. The van der Waals surface area contributed by atoms with Crippen LogP contribution in [0.5, 0.6) is 0 Å². The number of nitrogens with one attached hydrogen (secondary N) is 1. The van der Waals surface area contributed by atoms with Crippen LogP contribution in [0.25, 0.3) is 0 Å². The summed E-state index contributed by atoms with van der Waals surface area (Å²) in [6.07, 6.45) is 1.20. The lowest BCUT2D eigenvalue weighted by atomic mass is 9.87. The highest BCUT2D eigenvalue weighted by atomic mass is 19.1. The molecule has 28 heavy (non-hydrogen) atoms. The van der Waals surface area contributed by atoms with Crippen molar-refractivity contribution in [1.29, 1.82) is 0 Å². The maximum absolute atomic E-state index is 13.1. The third-order valence-electron chi connectivity index (χ3n) is 5.74. The van der Waals surface area contributed by atoms with Crippen molar-refractivity contribution in [1.82, 2.24) is 15.1 Å². The van der Waals surface area contributed by atoms with Crippen LogP contribution in [0, 0.1) is 12.7 Å². The Morgan fingerprint density at radius 2 is 1.50 bits per heavy atom. The van der Waals surface area contributed by atoms with E-state index in [-0.39, 0.29) is 24.3 Å². The zero-order chi connectivity index (χ0) is 19.7. The Kier molecular flexibility index (Phi) is 4.89. The van der Waals surface area contributed by atoms with Crippen molar-refractivity contribution >= 4 is 11.9 Å². The number of piperidine rings is 1. The van der Waals surface area contributed by atoms with Gasteiger partial charge in [-0.1, -0.05) is 42.0 Å². The first-order chi connectivity index (χ1) is 13.4. The zero-order valence-corrected chi connectivity index (χ0v) is 16.0. The van der Waals surface area contributed by atoms with Gasteiger partial charge < -0.3 is 5.32 Å². The van der Waals surface area contributed by atoms with Crippen LogP contribution in [0.15, 0.2) is 48.5 Å². The minimum Gasteiger partial charge on any atom is -0.323 e. The number of halogens is 1. The van der Waals surface area contributed by atoms with E-state index in [1.54, 1.807) is 12.1 Å². The molecular formula is C22H24FN3O2. The van der Waals surface area contributed by atoms with Gasteiger partial charge in [0.05, 0.1) is 6.54 Å². The fourth-order valence-corrected chi connectivity index (χ4v) is 3.98. The van der Waals surface area contributed by atoms with E-state index in [0.29, 0.717) is 12.8 Å². The van der Waals surface area contributed by atoms with Gasteiger partial charge in [0, 0.05) is 19.6 Å². The number of imide groups is 1. The molecule has 1 N–H and O–H groups in total. The van der Waals surface area contributed by atoms with Gasteiger partial charge in [0.15, 0.2) is 0 Å². The number of urea groups is 1. The SMILES string of the molecule is Cc1ccc(CN2CCC3(CC2)NC(=O)N(Cc2ccc(F)cc2)C3=O)cc1. The maximum Gasteiger partial charge on any atom is 0.325 e. The van der Waals surface area contributed by atoms with Crippen molar-refractivity contribution in [2.45, 2.75) is 38.4 Å². The quantitative estimate of drug-likeness (QED) is 0.828. The second kappa shape index (κ2) is 7.36. The molecular weight excluding hydrogens is 357 g/mol. The molecule has 0 saturated carbocycles. The molecule has 2 heterocycles. The standard InChI is InChI=1S/C22H24FN3O2/c1-16-2-4-17(5-3-16)14-25-12-10-22(11-13-25)20(27)26(21(28)24-22)15-18-6-8-19(23)9-7-18/h2-9H,10-15H2,1H3,(H,24,28). The molecule has 0 bridgehead atoms. The van der Waals surface area contributed by atoms with Gasteiger partial charge >= 0.3 is 6.03 Å². The third kappa shape index (κ3) is 3.64. The van der Waals surface area contributed by atoms with Gasteiger partial charge in [0.1, 0.15) is 11.4 Å². The summed E-state index contributed by atoms with van der Waals surface area (Å²) in [5.74, 6) is -0.504. The van der Waals surface area contributed by atoms with Crippen LogP contribution in [0.4, 0.5) is 9.18 Å². The molecule has 146 valence electrons. The van der Waals surface area contributed by atoms with Crippen LogP contribution in [0.2, 0.25) is 0 Å². The number of carbonyl (C=O) groups excluding carboxylic acids is 2. The molecule has 2 aliphatic heterocycles. The van der Waals surface area contributed by atoms with Gasteiger partial charge in [-0.15, -0.1) is 0 Å². The van der Waals surface area contributed by atoms with Crippen LogP contribution in [0.1, 0.15) is 29.5 Å². The molecule has 2 aromatic carbocycles. The number of hydrogen-bond donors (Lipinski definition) is 1. The molecule has 0 aromatic heterocycles. The molecule has 0 radical (unpaired) electrons. The molecule has 2 saturated heterocycles. The lowest BCUT2D eigenvalue weighted by molar-refractivity contribution is -0.133. The molecule has 2 aromatic rings. The normalized spacial score (nSPS) is 19.3. The molecule has 5 nitrogen and oxygen atoms in total. The summed E-state index contributed by atoms with van der Waals surface area (Å²) in [6.45, 7) is 4.59. The van der Waals surface area contributed by atoms with Gasteiger partial charge in [0.2, 0.25) is 0 Å².